The van der Waals surface area contributed by atoms with Crippen molar-refractivity contribution in [2.75, 3.05) is 6.61 Å². The van der Waals surface area contributed by atoms with Crippen molar-refractivity contribution in [3.05, 3.63) is 11.6 Å². The lowest BCUT2D eigenvalue weighted by molar-refractivity contribution is -0.309. The number of rotatable bonds is 5. The molecule has 1 saturated heterocycles. The van der Waals surface area contributed by atoms with E-state index in [0.29, 0.717) is 37.5 Å². The monoisotopic (exact) mass is 660 g/mol. The number of carboxylic acid groups (broad SMARTS) is 2. The van der Waals surface area contributed by atoms with Crippen LogP contribution in [0.1, 0.15) is 113 Å². The molecule has 1 heterocycles. The van der Waals surface area contributed by atoms with E-state index in [0.717, 1.165) is 38.5 Å². The third-order valence-electron chi connectivity index (χ3n) is 15.3. The molecule has 0 amide bonds. The second-order valence-electron chi connectivity index (χ2n) is 17.7. The summed E-state index contributed by atoms with van der Waals surface area (Å²) in [5.41, 5.74) is -1.24. The summed E-state index contributed by atoms with van der Waals surface area (Å²) in [7, 11) is 0. The van der Waals surface area contributed by atoms with Crippen molar-refractivity contribution in [1.82, 2.24) is 0 Å². The lowest BCUT2D eigenvalue weighted by Crippen LogP contribution is -2.66. The number of hydrogen-bond acceptors (Lipinski definition) is 8. The molecule has 47 heavy (non-hydrogen) atoms. The van der Waals surface area contributed by atoms with Crippen LogP contribution in [-0.2, 0) is 28.6 Å². The average molecular weight is 661 g/mol. The van der Waals surface area contributed by atoms with Gasteiger partial charge in [0.15, 0.2) is 12.4 Å². The molecule has 0 spiro atoms. The Bertz CT molecular complexity index is 1340. The minimum Gasteiger partial charge on any atom is -0.481 e. The van der Waals surface area contributed by atoms with E-state index in [9.17, 15) is 34.8 Å². The van der Waals surface area contributed by atoms with Crippen LogP contribution in [0, 0.1) is 50.2 Å². The van der Waals surface area contributed by atoms with Crippen molar-refractivity contribution in [3.8, 4) is 0 Å². The minimum absolute atomic E-state index is 0.0205. The molecule has 0 bridgehead atoms. The zero-order chi connectivity index (χ0) is 34.5. The maximum absolute atomic E-state index is 13.0. The van der Waals surface area contributed by atoms with Gasteiger partial charge in [-0.1, -0.05) is 46.3 Å². The fraction of sp³-hybridized carbons (Fsp3) is 0.865. The zero-order valence-corrected chi connectivity index (χ0v) is 29.2. The van der Waals surface area contributed by atoms with E-state index in [-0.39, 0.29) is 40.3 Å². The molecule has 6 rings (SSSR count). The van der Waals surface area contributed by atoms with Gasteiger partial charge in [0.2, 0.25) is 0 Å². The van der Waals surface area contributed by atoms with E-state index in [4.69, 9.17) is 14.2 Å². The van der Waals surface area contributed by atoms with Gasteiger partial charge in [0.1, 0.15) is 12.2 Å². The average Bonchev–Trinajstić information content (AvgIpc) is 2.98. The predicted octanol–water partition coefficient (Wildman–Crippen LogP) is 5.33. The summed E-state index contributed by atoms with van der Waals surface area (Å²) in [5, 5.41) is 42.1. The first-order valence-corrected chi connectivity index (χ1v) is 17.7. The Morgan fingerprint density at radius 2 is 1.55 bits per heavy atom. The highest BCUT2D eigenvalue weighted by Gasteiger charge is 2.70. The van der Waals surface area contributed by atoms with Gasteiger partial charge in [0.05, 0.1) is 23.5 Å². The van der Waals surface area contributed by atoms with E-state index in [1.165, 1.54) is 12.5 Å². The minimum atomic E-state index is -1.31. The Labute approximate surface area is 278 Å². The molecule has 264 valence electrons. The van der Waals surface area contributed by atoms with Crippen LogP contribution >= 0.6 is 0 Å². The normalized spacial score (nSPS) is 50.4. The number of carboxylic acids is 2. The highest BCUT2D eigenvalue weighted by atomic mass is 16.7. The van der Waals surface area contributed by atoms with Gasteiger partial charge in [-0.15, -0.1) is 0 Å². The van der Waals surface area contributed by atoms with E-state index >= 15 is 0 Å². The molecule has 0 aromatic heterocycles. The Morgan fingerprint density at radius 1 is 0.872 bits per heavy atom. The molecular formula is C37H56O10. The Balaban J connectivity index is 1.28. The number of hydrogen-bond donors (Lipinski definition) is 4. The molecular weight excluding hydrogens is 604 g/mol. The third-order valence-corrected chi connectivity index (χ3v) is 15.3. The summed E-state index contributed by atoms with van der Waals surface area (Å²) in [4.78, 5) is 37.0. The molecule has 10 heteroatoms. The number of aliphatic hydroxyl groups excluding tert-OH is 2. The van der Waals surface area contributed by atoms with Crippen molar-refractivity contribution in [2.45, 2.75) is 143 Å². The first-order valence-electron chi connectivity index (χ1n) is 17.7. The van der Waals surface area contributed by atoms with Crippen LogP contribution in [0.4, 0.5) is 0 Å². The Hall–Kier alpha value is -2.01. The smallest absolute Gasteiger partial charge is 0.310 e. The molecule has 6 aliphatic rings. The summed E-state index contributed by atoms with van der Waals surface area (Å²) < 4.78 is 17.5. The number of ether oxygens (including phenoxy) is 3. The molecule has 1 aliphatic heterocycles. The van der Waals surface area contributed by atoms with Crippen LogP contribution in [0.25, 0.3) is 0 Å². The molecule has 13 atom stereocenters. The highest BCUT2D eigenvalue weighted by Crippen LogP contribution is 2.76. The van der Waals surface area contributed by atoms with Crippen molar-refractivity contribution >= 4 is 17.9 Å². The molecule has 5 fully saturated rings. The molecule has 0 unspecified atom stereocenters. The van der Waals surface area contributed by atoms with E-state index in [2.05, 4.69) is 40.7 Å². The van der Waals surface area contributed by atoms with Gasteiger partial charge in [-0.2, -0.15) is 0 Å². The SMILES string of the molecule is CC(=O)O[C@@H]1[C@@H](O)[C@H](O[C@H]2CC[C@]3(C)[C@H]4CC=C5[C@@H]6C[C@](C)(C(=O)O)CC[C@]6(C(=O)O)CC[C@@]5(C)[C@]4(C)CC[C@H]3C2(C)C)OC[C@@H]1O. The summed E-state index contributed by atoms with van der Waals surface area (Å²) >= 11 is 0. The van der Waals surface area contributed by atoms with E-state index in [1.807, 2.05) is 0 Å². The number of fused-ring (bicyclic) bond motifs is 7. The summed E-state index contributed by atoms with van der Waals surface area (Å²) in [6, 6.07) is 0. The Kier molecular flexibility index (Phi) is 8.34. The molecule has 4 saturated carbocycles. The quantitative estimate of drug-likeness (QED) is 0.172. The second kappa shape index (κ2) is 11.3. The molecule has 0 radical (unpaired) electrons. The van der Waals surface area contributed by atoms with Crippen LogP contribution in [0.3, 0.4) is 0 Å². The topological polar surface area (TPSA) is 160 Å². The van der Waals surface area contributed by atoms with Gasteiger partial charge >= 0.3 is 17.9 Å². The van der Waals surface area contributed by atoms with Crippen LogP contribution in [0.15, 0.2) is 11.6 Å². The number of carbonyl (C=O) groups is 3. The largest absolute Gasteiger partial charge is 0.481 e. The van der Waals surface area contributed by atoms with Gasteiger partial charge < -0.3 is 34.6 Å². The molecule has 5 aliphatic carbocycles. The maximum atomic E-state index is 13.0. The van der Waals surface area contributed by atoms with Crippen LogP contribution in [-0.4, -0.2) is 75.6 Å². The molecule has 4 N–H and O–H groups in total. The lowest BCUT2D eigenvalue weighted by Gasteiger charge is -2.71. The van der Waals surface area contributed by atoms with Gasteiger partial charge in [0, 0.05) is 6.92 Å². The van der Waals surface area contributed by atoms with E-state index < -0.39 is 53.3 Å². The number of esters is 1. The van der Waals surface area contributed by atoms with Gasteiger partial charge in [0.25, 0.3) is 0 Å². The van der Waals surface area contributed by atoms with Crippen molar-refractivity contribution in [3.63, 3.8) is 0 Å². The van der Waals surface area contributed by atoms with Crippen molar-refractivity contribution in [1.29, 1.82) is 0 Å². The van der Waals surface area contributed by atoms with Crippen LogP contribution in [0.5, 0.6) is 0 Å². The first kappa shape index (κ1) is 34.8. The van der Waals surface area contributed by atoms with Crippen LogP contribution in [0.2, 0.25) is 0 Å². The summed E-state index contributed by atoms with van der Waals surface area (Å²) in [6.45, 7) is 14.7. The lowest BCUT2D eigenvalue weighted by atomic mass is 9.33. The number of aliphatic carboxylic acids is 2. The van der Waals surface area contributed by atoms with Gasteiger partial charge in [-0.3, -0.25) is 14.4 Å². The number of aliphatic hydroxyl groups is 2. The highest BCUT2D eigenvalue weighted by molar-refractivity contribution is 5.79. The third kappa shape index (κ3) is 4.89. The second-order valence-corrected chi connectivity index (χ2v) is 17.7. The van der Waals surface area contributed by atoms with Crippen molar-refractivity contribution < 1.29 is 49.0 Å². The number of allylic oxidation sites excluding steroid dienone is 2. The van der Waals surface area contributed by atoms with Gasteiger partial charge in [-0.05, 0) is 111 Å². The summed E-state index contributed by atoms with van der Waals surface area (Å²) in [5.74, 6) is -1.81. The maximum Gasteiger partial charge on any atom is 0.310 e. The fourth-order valence-electron chi connectivity index (χ4n) is 12.3. The molecule has 0 aromatic carbocycles. The van der Waals surface area contributed by atoms with E-state index in [1.54, 1.807) is 6.92 Å². The zero-order valence-electron chi connectivity index (χ0n) is 29.2. The Morgan fingerprint density at radius 3 is 2.19 bits per heavy atom. The van der Waals surface area contributed by atoms with Gasteiger partial charge in [-0.25, -0.2) is 0 Å². The fourth-order valence-corrected chi connectivity index (χ4v) is 12.3. The molecule has 0 aromatic rings. The number of carbonyl (C=O) groups excluding carboxylic acids is 1. The first-order chi connectivity index (χ1) is 21.8. The predicted molar refractivity (Wildman–Crippen MR) is 171 cm³/mol. The standard InChI is InChI=1S/C37H56O10/c1-20(38)46-28-23(39)19-45-29(27(28)40)47-26-11-12-34(5)24(32(26,2)3)10-13-36(7)25(34)9-8-21-22-18-33(4,30(41)42)14-16-37(22,31(43)44)17-15-35(21,36)6/h8,22-29,39-40H,9-19H2,1-7H3,(H,41,42)(H,43,44)/t22-,23-,24-,25+,26-,27+,28-,29-,33+,34-,35+,36+,37-/m0/s1. The summed E-state index contributed by atoms with van der Waals surface area (Å²) in [6.07, 6.45) is 4.56. The van der Waals surface area contributed by atoms with Crippen LogP contribution < -0.4 is 0 Å². The van der Waals surface area contributed by atoms with Crippen molar-refractivity contribution in [2.24, 2.45) is 50.2 Å². The molecule has 10 nitrogen and oxygen atoms in total.